The van der Waals surface area contributed by atoms with Crippen molar-refractivity contribution in [3.63, 3.8) is 0 Å². The fourth-order valence-corrected chi connectivity index (χ4v) is 4.02. The normalized spacial score (nSPS) is 13.1. The zero-order chi connectivity index (χ0) is 25.5. The van der Waals surface area contributed by atoms with Crippen LogP contribution >= 0.6 is 0 Å². The van der Waals surface area contributed by atoms with Crippen molar-refractivity contribution in [1.29, 1.82) is 0 Å². The maximum Gasteiger partial charge on any atom is 0.220 e. The van der Waals surface area contributed by atoms with Gasteiger partial charge in [-0.1, -0.05) is 77.9 Å². The summed E-state index contributed by atoms with van der Waals surface area (Å²) >= 11 is 0. The van der Waals surface area contributed by atoms with Crippen molar-refractivity contribution in [2.45, 2.75) is 52.4 Å². The highest BCUT2D eigenvalue weighted by molar-refractivity contribution is 5.78. The summed E-state index contributed by atoms with van der Waals surface area (Å²) in [5.41, 5.74) is 8.17. The second-order valence-electron chi connectivity index (χ2n) is 11.3. The minimum Gasteiger partial charge on any atom is -0.437 e. The molecule has 0 bridgehead atoms. The van der Waals surface area contributed by atoms with E-state index in [1.54, 1.807) is 0 Å². The van der Waals surface area contributed by atoms with Crippen LogP contribution in [-0.4, -0.2) is 9.97 Å². The van der Waals surface area contributed by atoms with Crippen LogP contribution < -0.4 is 0 Å². The first-order valence-electron chi connectivity index (χ1n) is 12.3. The van der Waals surface area contributed by atoms with Crippen LogP contribution in [0.15, 0.2) is 69.5 Å². The lowest BCUT2D eigenvalue weighted by atomic mass is 9.87. The molecule has 0 aliphatic rings. The van der Waals surface area contributed by atoms with Gasteiger partial charge in [-0.25, -0.2) is 9.97 Å². The lowest BCUT2D eigenvalue weighted by Crippen LogP contribution is -2.10. The van der Waals surface area contributed by atoms with Gasteiger partial charge in [-0.05, 0) is 69.5 Å². The van der Waals surface area contributed by atoms with Crippen molar-refractivity contribution in [3.8, 4) is 0 Å². The zero-order valence-corrected chi connectivity index (χ0v) is 21.8. The number of hydrogen-bond acceptors (Lipinski definition) is 4. The van der Waals surface area contributed by atoms with Crippen LogP contribution in [0.25, 0.3) is 46.5 Å². The number of rotatable bonds is 4. The van der Waals surface area contributed by atoms with Gasteiger partial charge >= 0.3 is 0 Å². The average molecular weight is 477 g/mol. The minimum atomic E-state index is 0.0790. The lowest BCUT2D eigenvalue weighted by molar-refractivity contribution is 0.584. The van der Waals surface area contributed by atoms with Crippen molar-refractivity contribution in [2.24, 2.45) is 0 Å². The van der Waals surface area contributed by atoms with Crippen molar-refractivity contribution >= 4 is 46.5 Å². The van der Waals surface area contributed by atoms with Gasteiger partial charge in [0.25, 0.3) is 0 Å². The molecule has 0 aliphatic carbocycles. The van der Waals surface area contributed by atoms with Gasteiger partial charge in [-0.3, -0.25) is 0 Å². The Morgan fingerprint density at radius 2 is 0.917 bits per heavy atom. The summed E-state index contributed by atoms with van der Waals surface area (Å²) in [5, 5.41) is 0. The van der Waals surface area contributed by atoms with Crippen LogP contribution in [0.2, 0.25) is 0 Å². The number of benzene rings is 3. The molecule has 0 unspecified atom stereocenters. The van der Waals surface area contributed by atoms with Crippen molar-refractivity contribution in [2.75, 3.05) is 0 Å². The maximum absolute atomic E-state index is 5.89. The quantitative estimate of drug-likeness (QED) is 0.260. The summed E-state index contributed by atoms with van der Waals surface area (Å²) in [4.78, 5) is 9.27. The molecule has 0 fully saturated rings. The van der Waals surface area contributed by atoms with E-state index in [2.05, 4.69) is 100 Å². The fourth-order valence-electron chi connectivity index (χ4n) is 4.02. The second-order valence-corrected chi connectivity index (χ2v) is 11.3. The molecule has 5 rings (SSSR count). The Kier molecular flexibility index (Phi) is 5.91. The Labute approximate surface area is 212 Å². The largest absolute Gasteiger partial charge is 0.437 e. The standard InChI is InChI=1S/C32H32N2O2/c1-31(2,3)23-13-15-27-25(19-23)33-29(35-27)17-11-21-7-9-22(10-8-21)12-18-30-34-26-20-24(32(4,5)6)14-16-28(26)36-30/h7-20H,1-6H3. The van der Waals surface area contributed by atoms with Gasteiger partial charge in [-0.2, -0.15) is 0 Å². The Balaban J connectivity index is 1.28. The zero-order valence-electron chi connectivity index (χ0n) is 21.8. The monoisotopic (exact) mass is 476 g/mol. The van der Waals surface area contributed by atoms with Gasteiger partial charge in [0.15, 0.2) is 11.2 Å². The van der Waals surface area contributed by atoms with Crippen LogP contribution in [-0.2, 0) is 10.8 Å². The topological polar surface area (TPSA) is 52.1 Å². The summed E-state index contributed by atoms with van der Waals surface area (Å²) in [6.45, 7) is 13.2. The van der Waals surface area contributed by atoms with E-state index in [0.29, 0.717) is 11.8 Å². The number of nitrogens with zero attached hydrogens (tertiary/aromatic N) is 2. The van der Waals surface area contributed by atoms with Crippen LogP contribution in [0.5, 0.6) is 0 Å². The summed E-state index contributed by atoms with van der Waals surface area (Å²) in [6, 6.07) is 20.7. The van der Waals surface area contributed by atoms with E-state index in [1.165, 1.54) is 11.1 Å². The van der Waals surface area contributed by atoms with E-state index in [-0.39, 0.29) is 10.8 Å². The SMILES string of the molecule is CC(C)(C)c1ccc2oc(C=Cc3ccc(C=Cc4nc5cc(C(C)(C)C)ccc5o4)cc3)nc2c1. The fraction of sp³-hybridized carbons (Fsp3) is 0.250. The predicted molar refractivity (Wildman–Crippen MR) is 150 cm³/mol. The van der Waals surface area contributed by atoms with E-state index in [1.807, 2.05) is 36.4 Å². The molecule has 0 saturated heterocycles. The van der Waals surface area contributed by atoms with Gasteiger partial charge < -0.3 is 8.83 Å². The molecule has 0 atom stereocenters. The van der Waals surface area contributed by atoms with Crippen LogP contribution in [0.1, 0.15) is 75.6 Å². The van der Waals surface area contributed by atoms with E-state index in [9.17, 15) is 0 Å². The smallest absolute Gasteiger partial charge is 0.220 e. The summed E-state index contributed by atoms with van der Waals surface area (Å²) < 4.78 is 11.8. The minimum absolute atomic E-state index is 0.0790. The molecule has 0 N–H and O–H groups in total. The van der Waals surface area contributed by atoms with Gasteiger partial charge in [0.05, 0.1) is 0 Å². The number of aromatic nitrogens is 2. The first kappa shape index (κ1) is 23.8. The van der Waals surface area contributed by atoms with Crippen molar-refractivity contribution in [1.82, 2.24) is 9.97 Å². The third kappa shape index (κ3) is 5.18. The molecule has 4 heteroatoms. The molecule has 2 heterocycles. The molecule has 0 saturated carbocycles. The Hall–Kier alpha value is -3.92. The average Bonchev–Trinajstić information content (AvgIpc) is 3.43. The third-order valence-electron chi connectivity index (χ3n) is 6.31. The lowest BCUT2D eigenvalue weighted by Gasteiger charge is -2.18. The Morgan fingerprint density at radius 1 is 0.528 bits per heavy atom. The Morgan fingerprint density at radius 3 is 1.28 bits per heavy atom. The molecule has 182 valence electrons. The van der Waals surface area contributed by atoms with Crippen LogP contribution in [0.4, 0.5) is 0 Å². The summed E-state index contributed by atoms with van der Waals surface area (Å²) in [7, 11) is 0. The van der Waals surface area contributed by atoms with Gasteiger partial charge in [0.2, 0.25) is 11.8 Å². The summed E-state index contributed by atoms with van der Waals surface area (Å²) in [6.07, 6.45) is 7.84. The Bertz CT molecular complexity index is 1460. The second kappa shape index (κ2) is 8.94. The number of hydrogen-bond donors (Lipinski definition) is 0. The van der Waals surface area contributed by atoms with Gasteiger partial charge in [0, 0.05) is 12.2 Å². The van der Waals surface area contributed by atoms with Gasteiger partial charge in [0.1, 0.15) is 11.0 Å². The molecule has 0 amide bonds. The van der Waals surface area contributed by atoms with Crippen molar-refractivity contribution < 1.29 is 8.83 Å². The van der Waals surface area contributed by atoms with Crippen molar-refractivity contribution in [3.05, 3.63) is 94.7 Å². The molecule has 0 aliphatic heterocycles. The molecule has 0 radical (unpaired) electrons. The highest BCUT2D eigenvalue weighted by Crippen LogP contribution is 2.28. The molecule has 5 aromatic rings. The van der Waals surface area contributed by atoms with E-state index in [4.69, 9.17) is 8.83 Å². The van der Waals surface area contributed by atoms with E-state index < -0.39 is 0 Å². The molecular weight excluding hydrogens is 444 g/mol. The highest BCUT2D eigenvalue weighted by Gasteiger charge is 2.16. The van der Waals surface area contributed by atoms with Gasteiger partial charge in [-0.15, -0.1) is 0 Å². The van der Waals surface area contributed by atoms with Crippen LogP contribution in [0, 0.1) is 0 Å². The maximum atomic E-state index is 5.89. The molecular formula is C32H32N2O2. The highest BCUT2D eigenvalue weighted by atomic mass is 16.4. The first-order chi connectivity index (χ1) is 17.0. The number of fused-ring (bicyclic) bond motifs is 2. The van der Waals surface area contributed by atoms with Crippen LogP contribution in [0.3, 0.4) is 0 Å². The van der Waals surface area contributed by atoms with E-state index >= 15 is 0 Å². The molecule has 3 aromatic carbocycles. The molecule has 0 spiro atoms. The summed E-state index contributed by atoms with van der Waals surface area (Å²) in [5.74, 6) is 1.20. The first-order valence-corrected chi connectivity index (χ1v) is 12.3. The number of oxazole rings is 2. The molecule has 36 heavy (non-hydrogen) atoms. The third-order valence-corrected chi connectivity index (χ3v) is 6.31. The molecule has 2 aromatic heterocycles. The van der Waals surface area contributed by atoms with E-state index in [0.717, 1.165) is 33.3 Å². The predicted octanol–water partition coefficient (Wildman–Crippen LogP) is 8.90. The molecule has 4 nitrogen and oxygen atoms in total.